The second-order valence-corrected chi connectivity index (χ2v) is 3.49. The molecule has 0 bridgehead atoms. The molecule has 0 N–H and O–H groups in total. The van der Waals surface area contributed by atoms with Gasteiger partial charge in [-0.1, -0.05) is 69.9 Å². The Morgan fingerprint density at radius 2 is 1.16 bits per heavy atom. The molecule has 2 aromatic carbocycles. The second-order valence-electron chi connectivity index (χ2n) is 3.49. The maximum atomic E-state index is 3.15. The molecule has 0 aliphatic carbocycles. The first-order valence-electron chi connectivity index (χ1n) is 6.98. The molecule has 0 amide bonds. The SMILES string of the molecule is CC.CC.Cc1cccc(C#Cc2ccccc2)c1. The van der Waals surface area contributed by atoms with Gasteiger partial charge >= 0.3 is 0 Å². The van der Waals surface area contributed by atoms with Crippen LogP contribution in [-0.2, 0) is 0 Å². The fraction of sp³-hybridized carbons (Fsp3) is 0.263. The first-order valence-corrected chi connectivity index (χ1v) is 6.98. The van der Waals surface area contributed by atoms with Crippen LogP contribution in [0.4, 0.5) is 0 Å². The van der Waals surface area contributed by atoms with Crippen LogP contribution in [0, 0.1) is 18.8 Å². The lowest BCUT2D eigenvalue weighted by atomic mass is 10.1. The zero-order chi connectivity index (χ0) is 14.5. The summed E-state index contributed by atoms with van der Waals surface area (Å²) < 4.78 is 0. The van der Waals surface area contributed by atoms with E-state index >= 15 is 0 Å². The molecule has 0 aliphatic rings. The van der Waals surface area contributed by atoms with E-state index in [1.807, 2.05) is 70.2 Å². The standard InChI is InChI=1S/C15H12.2C2H6/c1-13-6-5-9-15(12-13)11-10-14-7-3-2-4-8-14;2*1-2/h2-9,12H,1H3;2*1-2H3. The van der Waals surface area contributed by atoms with Crippen molar-refractivity contribution in [1.82, 2.24) is 0 Å². The molecule has 0 saturated carbocycles. The molecule has 0 radical (unpaired) electrons. The van der Waals surface area contributed by atoms with Crippen LogP contribution in [0.3, 0.4) is 0 Å². The van der Waals surface area contributed by atoms with Gasteiger partial charge in [0.25, 0.3) is 0 Å². The van der Waals surface area contributed by atoms with Crippen molar-refractivity contribution in [2.75, 3.05) is 0 Å². The minimum absolute atomic E-state index is 1.05. The van der Waals surface area contributed by atoms with Crippen LogP contribution in [0.1, 0.15) is 44.4 Å². The van der Waals surface area contributed by atoms with Crippen LogP contribution >= 0.6 is 0 Å². The van der Waals surface area contributed by atoms with Crippen molar-refractivity contribution in [1.29, 1.82) is 0 Å². The van der Waals surface area contributed by atoms with E-state index < -0.39 is 0 Å². The van der Waals surface area contributed by atoms with E-state index in [1.54, 1.807) is 0 Å². The predicted molar refractivity (Wildman–Crippen MR) is 86.3 cm³/mol. The van der Waals surface area contributed by atoms with Crippen molar-refractivity contribution in [2.24, 2.45) is 0 Å². The highest BCUT2D eigenvalue weighted by molar-refractivity contribution is 5.43. The van der Waals surface area contributed by atoms with Gasteiger partial charge in [-0.25, -0.2) is 0 Å². The highest BCUT2D eigenvalue weighted by Gasteiger charge is 1.87. The molecular weight excluding hydrogens is 228 g/mol. The molecule has 100 valence electrons. The molecule has 0 heteroatoms. The van der Waals surface area contributed by atoms with Gasteiger partial charge in [0.1, 0.15) is 0 Å². The molecule has 0 nitrogen and oxygen atoms in total. The fourth-order valence-corrected chi connectivity index (χ4v) is 1.39. The zero-order valence-electron chi connectivity index (χ0n) is 12.7. The van der Waals surface area contributed by atoms with E-state index in [1.165, 1.54) is 5.56 Å². The molecule has 0 saturated heterocycles. The topological polar surface area (TPSA) is 0 Å². The Balaban J connectivity index is 0.000000741. The third-order valence-corrected chi connectivity index (χ3v) is 2.14. The van der Waals surface area contributed by atoms with Crippen molar-refractivity contribution in [3.05, 3.63) is 71.3 Å². The van der Waals surface area contributed by atoms with E-state index in [2.05, 4.69) is 30.9 Å². The van der Waals surface area contributed by atoms with Crippen LogP contribution in [-0.4, -0.2) is 0 Å². The number of hydrogen-bond donors (Lipinski definition) is 0. The molecular formula is C19H24. The monoisotopic (exact) mass is 252 g/mol. The third kappa shape index (κ3) is 7.11. The Kier molecular flexibility index (Phi) is 9.94. The average Bonchev–Trinajstić information content (AvgIpc) is 2.50. The van der Waals surface area contributed by atoms with E-state index in [0.717, 1.165) is 11.1 Å². The first-order chi connectivity index (χ1) is 9.34. The maximum Gasteiger partial charge on any atom is 0.0251 e. The van der Waals surface area contributed by atoms with Crippen LogP contribution in [0.2, 0.25) is 0 Å². The number of hydrogen-bond acceptors (Lipinski definition) is 0. The van der Waals surface area contributed by atoms with Gasteiger partial charge in [0.15, 0.2) is 0 Å². The van der Waals surface area contributed by atoms with Crippen molar-refractivity contribution in [3.8, 4) is 11.8 Å². The number of benzene rings is 2. The Morgan fingerprint density at radius 1 is 0.632 bits per heavy atom. The summed E-state index contributed by atoms with van der Waals surface area (Å²) in [6.45, 7) is 10.1. The summed E-state index contributed by atoms with van der Waals surface area (Å²) in [7, 11) is 0. The van der Waals surface area contributed by atoms with Gasteiger partial charge in [-0.2, -0.15) is 0 Å². The third-order valence-electron chi connectivity index (χ3n) is 2.14. The molecule has 0 heterocycles. The van der Waals surface area contributed by atoms with Crippen molar-refractivity contribution in [3.63, 3.8) is 0 Å². The molecule has 0 atom stereocenters. The summed E-state index contributed by atoms with van der Waals surface area (Å²) in [5.74, 6) is 6.29. The Morgan fingerprint density at radius 3 is 1.74 bits per heavy atom. The molecule has 0 aliphatic heterocycles. The molecule has 0 spiro atoms. The van der Waals surface area contributed by atoms with Gasteiger partial charge in [-0.05, 0) is 36.8 Å². The number of rotatable bonds is 0. The van der Waals surface area contributed by atoms with Gasteiger partial charge in [0.2, 0.25) is 0 Å². The second kappa shape index (κ2) is 11.1. The fourth-order valence-electron chi connectivity index (χ4n) is 1.39. The Bertz CT molecular complexity index is 498. The maximum absolute atomic E-state index is 3.15. The Hall–Kier alpha value is -2.00. The lowest BCUT2D eigenvalue weighted by Crippen LogP contribution is -1.77. The molecule has 19 heavy (non-hydrogen) atoms. The summed E-state index contributed by atoms with van der Waals surface area (Å²) in [5.41, 5.74) is 3.37. The van der Waals surface area contributed by atoms with Crippen LogP contribution in [0.25, 0.3) is 0 Å². The summed E-state index contributed by atoms with van der Waals surface area (Å²) >= 11 is 0. The Labute approximate surface area is 118 Å². The van der Waals surface area contributed by atoms with E-state index in [9.17, 15) is 0 Å². The van der Waals surface area contributed by atoms with Crippen LogP contribution in [0.15, 0.2) is 54.6 Å². The van der Waals surface area contributed by atoms with Gasteiger partial charge in [0.05, 0.1) is 0 Å². The average molecular weight is 252 g/mol. The molecule has 0 aromatic heterocycles. The van der Waals surface area contributed by atoms with E-state index in [-0.39, 0.29) is 0 Å². The van der Waals surface area contributed by atoms with Gasteiger partial charge in [-0.3, -0.25) is 0 Å². The van der Waals surface area contributed by atoms with E-state index in [4.69, 9.17) is 0 Å². The minimum atomic E-state index is 1.05. The lowest BCUT2D eigenvalue weighted by molar-refractivity contribution is 1.45. The summed E-state index contributed by atoms with van der Waals surface area (Å²) in [6, 6.07) is 18.3. The van der Waals surface area contributed by atoms with Crippen LogP contribution in [0.5, 0.6) is 0 Å². The van der Waals surface area contributed by atoms with Gasteiger partial charge < -0.3 is 0 Å². The number of aryl methyl sites for hydroxylation is 1. The highest BCUT2D eigenvalue weighted by atomic mass is 13.9. The van der Waals surface area contributed by atoms with Gasteiger partial charge in [0, 0.05) is 11.1 Å². The summed E-state index contributed by atoms with van der Waals surface area (Å²) in [4.78, 5) is 0. The molecule has 2 aromatic rings. The predicted octanol–water partition coefficient (Wildman–Crippen LogP) is 5.45. The smallest absolute Gasteiger partial charge is 0.0251 e. The molecule has 0 unspecified atom stereocenters. The highest BCUT2D eigenvalue weighted by Crippen LogP contribution is 2.02. The van der Waals surface area contributed by atoms with Crippen molar-refractivity contribution < 1.29 is 0 Å². The lowest BCUT2D eigenvalue weighted by Gasteiger charge is -1.92. The molecule has 0 fully saturated rings. The van der Waals surface area contributed by atoms with Crippen LogP contribution < -0.4 is 0 Å². The largest absolute Gasteiger partial charge is 0.0683 e. The molecule has 2 rings (SSSR count). The minimum Gasteiger partial charge on any atom is -0.0683 e. The quantitative estimate of drug-likeness (QED) is 0.547. The summed E-state index contributed by atoms with van der Waals surface area (Å²) in [6.07, 6.45) is 0. The van der Waals surface area contributed by atoms with E-state index in [0.29, 0.717) is 0 Å². The zero-order valence-corrected chi connectivity index (χ0v) is 12.7. The summed E-state index contributed by atoms with van der Waals surface area (Å²) in [5, 5.41) is 0. The normalized spacial score (nSPS) is 7.84. The van der Waals surface area contributed by atoms with Crippen molar-refractivity contribution in [2.45, 2.75) is 34.6 Å². The van der Waals surface area contributed by atoms with Gasteiger partial charge in [-0.15, -0.1) is 0 Å². The first kappa shape index (κ1) is 17.0. The van der Waals surface area contributed by atoms with Crippen molar-refractivity contribution >= 4 is 0 Å².